The fourth-order valence-electron chi connectivity index (χ4n) is 3.40. The van der Waals surface area contributed by atoms with Gasteiger partial charge in [0.1, 0.15) is 5.82 Å². The van der Waals surface area contributed by atoms with E-state index in [4.69, 9.17) is 10.1 Å². The summed E-state index contributed by atoms with van der Waals surface area (Å²) in [5.74, 6) is 1.27. The predicted molar refractivity (Wildman–Crippen MR) is 111 cm³/mol. The molecule has 3 heterocycles. The number of nitrogens with zero attached hydrogens (tertiary/aromatic N) is 3. The number of benzene rings is 1. The lowest BCUT2D eigenvalue weighted by atomic mass is 9.94. The van der Waals surface area contributed by atoms with Gasteiger partial charge in [0.15, 0.2) is 5.65 Å². The Bertz CT molecular complexity index is 1090. The number of primary sulfonamides is 1. The first-order chi connectivity index (χ1) is 13.4. The Morgan fingerprint density at radius 3 is 2.64 bits per heavy atom. The van der Waals surface area contributed by atoms with Crippen molar-refractivity contribution in [3.05, 3.63) is 52.3 Å². The summed E-state index contributed by atoms with van der Waals surface area (Å²) in [6, 6.07) is 8.58. The summed E-state index contributed by atoms with van der Waals surface area (Å²) < 4.78 is 25.4. The third-order valence-corrected chi connectivity index (χ3v) is 6.42. The Kier molecular flexibility index (Phi) is 5.37. The molecule has 0 unspecified atom stereocenters. The normalized spacial score (nSPS) is 15.8. The maximum Gasteiger partial charge on any atom is 0.238 e. The molecule has 0 spiro atoms. The molecule has 28 heavy (non-hydrogen) atoms. The van der Waals surface area contributed by atoms with E-state index in [0.717, 1.165) is 53.1 Å². The van der Waals surface area contributed by atoms with Crippen LogP contribution < -0.4 is 15.8 Å². The van der Waals surface area contributed by atoms with E-state index in [1.807, 2.05) is 0 Å². The Morgan fingerprint density at radius 2 is 1.96 bits per heavy atom. The van der Waals surface area contributed by atoms with Crippen LogP contribution in [0, 0.1) is 0 Å². The maximum atomic E-state index is 11.4. The predicted octanol–water partition coefficient (Wildman–Crippen LogP) is 2.22. The quantitative estimate of drug-likeness (QED) is 0.533. The zero-order valence-electron chi connectivity index (χ0n) is 15.1. The molecule has 2 aromatic heterocycles. The minimum Gasteiger partial charge on any atom is -0.366 e. The van der Waals surface area contributed by atoms with Gasteiger partial charge in [-0.05, 0) is 59.6 Å². The van der Waals surface area contributed by atoms with Gasteiger partial charge in [-0.1, -0.05) is 12.1 Å². The molecule has 0 amide bonds. The molecular weight excluding hydrogens is 444 g/mol. The number of hydrogen-bond donors (Lipinski definition) is 3. The van der Waals surface area contributed by atoms with E-state index in [2.05, 4.69) is 37.7 Å². The highest BCUT2D eigenvalue weighted by atomic mass is 79.9. The number of halogens is 1. The summed E-state index contributed by atoms with van der Waals surface area (Å²) in [4.78, 5) is 4.92. The molecule has 0 radical (unpaired) electrons. The minimum absolute atomic E-state index is 0.103. The molecule has 0 aliphatic carbocycles. The van der Waals surface area contributed by atoms with Crippen molar-refractivity contribution in [1.82, 2.24) is 19.9 Å². The van der Waals surface area contributed by atoms with Crippen LogP contribution in [0.15, 0.2) is 45.9 Å². The van der Waals surface area contributed by atoms with Crippen molar-refractivity contribution in [3.63, 3.8) is 0 Å². The second-order valence-corrected chi connectivity index (χ2v) is 9.28. The van der Waals surface area contributed by atoms with Crippen LogP contribution in [0.5, 0.6) is 0 Å². The number of aromatic nitrogens is 3. The SMILES string of the molecule is NS(=O)(=O)c1ccc(CNc2cc(C3CCNCC3)nc3c(Br)cnn23)cc1. The van der Waals surface area contributed by atoms with E-state index in [1.165, 1.54) is 12.1 Å². The second kappa shape index (κ2) is 7.78. The van der Waals surface area contributed by atoms with Gasteiger partial charge in [0.2, 0.25) is 10.0 Å². The van der Waals surface area contributed by atoms with Crippen LogP contribution in [0.4, 0.5) is 5.82 Å². The highest BCUT2D eigenvalue weighted by Gasteiger charge is 2.19. The van der Waals surface area contributed by atoms with Crippen molar-refractivity contribution in [1.29, 1.82) is 0 Å². The molecule has 1 aromatic carbocycles. The number of nitrogens with two attached hydrogens (primary N) is 1. The summed E-state index contributed by atoms with van der Waals surface area (Å²) in [5, 5.41) is 16.3. The van der Waals surface area contributed by atoms with Gasteiger partial charge in [0.05, 0.1) is 15.6 Å². The van der Waals surface area contributed by atoms with E-state index in [1.54, 1.807) is 22.8 Å². The molecule has 1 aliphatic rings. The topological polar surface area (TPSA) is 114 Å². The largest absolute Gasteiger partial charge is 0.366 e. The number of hydrogen-bond acceptors (Lipinski definition) is 6. The number of fused-ring (bicyclic) bond motifs is 1. The number of rotatable bonds is 5. The first-order valence-corrected chi connectivity index (χ1v) is 11.4. The first kappa shape index (κ1) is 19.3. The van der Waals surface area contributed by atoms with Crippen LogP contribution in [-0.4, -0.2) is 36.1 Å². The highest BCUT2D eigenvalue weighted by Crippen LogP contribution is 2.28. The molecule has 1 aliphatic heterocycles. The minimum atomic E-state index is -3.68. The molecule has 4 N–H and O–H groups in total. The molecule has 4 rings (SSSR count). The summed E-state index contributed by atoms with van der Waals surface area (Å²) >= 11 is 3.53. The average Bonchev–Trinajstić information content (AvgIpc) is 3.07. The Balaban J connectivity index is 1.60. The van der Waals surface area contributed by atoms with E-state index in [-0.39, 0.29) is 4.90 Å². The van der Waals surface area contributed by atoms with Crippen molar-refractivity contribution < 1.29 is 8.42 Å². The number of piperidine rings is 1. The Hall–Kier alpha value is -2.01. The Morgan fingerprint density at radius 1 is 1.25 bits per heavy atom. The zero-order chi connectivity index (χ0) is 19.7. The van der Waals surface area contributed by atoms with Crippen molar-refractivity contribution in [2.75, 3.05) is 18.4 Å². The monoisotopic (exact) mass is 464 g/mol. The van der Waals surface area contributed by atoms with E-state index >= 15 is 0 Å². The fourth-order valence-corrected chi connectivity index (χ4v) is 4.26. The maximum absolute atomic E-state index is 11.4. The van der Waals surface area contributed by atoms with Gasteiger partial charge in [0.25, 0.3) is 0 Å². The third kappa shape index (κ3) is 4.04. The molecule has 0 atom stereocenters. The van der Waals surface area contributed by atoms with Gasteiger partial charge in [-0.2, -0.15) is 9.61 Å². The standard InChI is InChI=1S/C18H21BrN6O2S/c19-15-11-23-25-17(9-16(24-18(15)25)13-5-7-21-8-6-13)22-10-12-1-3-14(4-2-12)28(20,26)27/h1-4,9,11,13,21-22H,5-8,10H2,(H2,20,26,27). The van der Waals surface area contributed by atoms with Crippen molar-refractivity contribution in [2.45, 2.75) is 30.2 Å². The van der Waals surface area contributed by atoms with Crippen LogP contribution in [0.1, 0.15) is 30.0 Å². The van der Waals surface area contributed by atoms with Crippen molar-refractivity contribution in [2.24, 2.45) is 5.14 Å². The summed E-state index contributed by atoms with van der Waals surface area (Å²) in [7, 11) is -3.68. The number of anilines is 1. The average molecular weight is 465 g/mol. The summed E-state index contributed by atoms with van der Waals surface area (Å²) in [6.45, 7) is 2.52. The lowest BCUT2D eigenvalue weighted by molar-refractivity contribution is 0.453. The molecule has 148 valence electrons. The molecule has 1 saturated heterocycles. The van der Waals surface area contributed by atoms with Gasteiger partial charge in [0, 0.05) is 24.2 Å². The van der Waals surface area contributed by atoms with E-state index < -0.39 is 10.0 Å². The first-order valence-electron chi connectivity index (χ1n) is 9.02. The second-order valence-electron chi connectivity index (χ2n) is 6.86. The van der Waals surface area contributed by atoms with Crippen LogP contribution in [0.25, 0.3) is 5.65 Å². The lowest BCUT2D eigenvalue weighted by Crippen LogP contribution is -2.27. The number of sulfonamides is 1. The molecule has 1 fully saturated rings. The van der Waals surface area contributed by atoms with E-state index in [0.29, 0.717) is 12.5 Å². The van der Waals surface area contributed by atoms with Crippen LogP contribution in [0.2, 0.25) is 0 Å². The third-order valence-electron chi connectivity index (χ3n) is 4.93. The number of nitrogens with one attached hydrogen (secondary N) is 2. The van der Waals surface area contributed by atoms with E-state index in [9.17, 15) is 8.42 Å². The van der Waals surface area contributed by atoms with Crippen LogP contribution in [-0.2, 0) is 16.6 Å². The van der Waals surface area contributed by atoms with Crippen LogP contribution >= 0.6 is 15.9 Å². The van der Waals surface area contributed by atoms with Gasteiger partial charge in [-0.15, -0.1) is 0 Å². The van der Waals surface area contributed by atoms with Gasteiger partial charge in [-0.25, -0.2) is 18.5 Å². The molecule has 10 heteroatoms. The molecular formula is C18H21BrN6O2S. The van der Waals surface area contributed by atoms with Gasteiger partial charge >= 0.3 is 0 Å². The smallest absolute Gasteiger partial charge is 0.238 e. The van der Waals surface area contributed by atoms with Crippen LogP contribution in [0.3, 0.4) is 0 Å². The summed E-state index contributed by atoms with van der Waals surface area (Å²) in [6.07, 6.45) is 3.85. The summed E-state index contributed by atoms with van der Waals surface area (Å²) in [5.41, 5.74) is 2.78. The lowest BCUT2D eigenvalue weighted by Gasteiger charge is -2.23. The van der Waals surface area contributed by atoms with Gasteiger partial charge in [-0.3, -0.25) is 0 Å². The highest BCUT2D eigenvalue weighted by molar-refractivity contribution is 9.10. The zero-order valence-corrected chi connectivity index (χ0v) is 17.5. The molecule has 8 nitrogen and oxygen atoms in total. The van der Waals surface area contributed by atoms with Crippen molar-refractivity contribution in [3.8, 4) is 0 Å². The van der Waals surface area contributed by atoms with Crippen molar-refractivity contribution >= 4 is 37.4 Å². The molecule has 3 aromatic rings. The molecule has 0 saturated carbocycles. The fraction of sp³-hybridized carbons (Fsp3) is 0.333. The molecule has 0 bridgehead atoms. The van der Waals surface area contributed by atoms with Gasteiger partial charge < -0.3 is 10.6 Å². The Labute approximate surface area is 171 Å².